The number of aliphatic hydroxyl groups excluding tert-OH is 3. The lowest BCUT2D eigenvalue weighted by molar-refractivity contribution is -0.766. The van der Waals surface area contributed by atoms with Crippen LogP contribution in [-0.4, -0.2) is 56.0 Å². The van der Waals surface area contributed by atoms with Crippen LogP contribution >= 0.6 is 0 Å². The van der Waals surface area contributed by atoms with Gasteiger partial charge in [0, 0.05) is 5.10 Å². The number of hydrogen-bond donors (Lipinski definition) is 4. The van der Waals surface area contributed by atoms with Gasteiger partial charge in [0.1, 0.15) is 18.3 Å². The van der Waals surface area contributed by atoms with Gasteiger partial charge in [-0.15, -0.1) is 0 Å². The third-order valence-electron chi connectivity index (χ3n) is 2.59. The molecule has 0 spiro atoms. The lowest BCUT2D eigenvalue weighted by Crippen LogP contribution is -2.45. The van der Waals surface area contributed by atoms with E-state index in [1.54, 1.807) is 0 Å². The standard InChI is InChI=1S/C8H12N4O5/c9-8(16)12-3-11(2-10-12)7-6(15)5(14)4(1-13)17-7/h2-7,13-15H,1H2,(H-,9,16)/p+1/t4-,5-,6-,7-/m1/s1. The van der Waals surface area contributed by atoms with Crippen molar-refractivity contribution in [2.24, 2.45) is 5.73 Å². The number of aromatic nitrogens is 3. The first-order chi connectivity index (χ1) is 8.04. The fourth-order valence-electron chi connectivity index (χ4n) is 1.67. The molecule has 0 saturated carbocycles. The molecule has 1 aliphatic rings. The predicted octanol–water partition coefficient (Wildman–Crippen LogP) is -3.29. The first-order valence-electron chi connectivity index (χ1n) is 4.92. The van der Waals surface area contributed by atoms with Gasteiger partial charge in [0.25, 0.3) is 6.33 Å². The Labute approximate surface area is 95.6 Å². The number of primary amides is 1. The normalized spacial score (nSPS) is 32.9. The highest BCUT2D eigenvalue weighted by Crippen LogP contribution is 2.24. The molecule has 1 saturated heterocycles. The van der Waals surface area contributed by atoms with Crippen LogP contribution in [0.5, 0.6) is 0 Å². The molecule has 5 N–H and O–H groups in total. The van der Waals surface area contributed by atoms with E-state index in [0.717, 1.165) is 4.68 Å². The van der Waals surface area contributed by atoms with Gasteiger partial charge in [-0.1, -0.05) is 0 Å². The Bertz CT molecular complexity index is 422. The highest BCUT2D eigenvalue weighted by atomic mass is 16.6. The SMILES string of the molecule is NC(=O)n1c[n+]([C@@H]2O[C@H](CO)[C@@H](O)[C@H]2O)cn1. The summed E-state index contributed by atoms with van der Waals surface area (Å²) in [7, 11) is 0. The van der Waals surface area contributed by atoms with Crippen LogP contribution in [0.15, 0.2) is 12.7 Å². The summed E-state index contributed by atoms with van der Waals surface area (Å²) in [6.07, 6.45) is -1.76. The fourth-order valence-corrected chi connectivity index (χ4v) is 1.67. The lowest BCUT2D eigenvalue weighted by atomic mass is 10.1. The minimum absolute atomic E-state index is 0.417. The molecule has 1 amide bonds. The van der Waals surface area contributed by atoms with E-state index >= 15 is 0 Å². The number of ether oxygens (including phenoxy) is 1. The molecule has 2 rings (SSSR count). The Kier molecular flexibility index (Phi) is 3.07. The van der Waals surface area contributed by atoms with E-state index in [9.17, 15) is 15.0 Å². The Morgan fingerprint density at radius 2 is 2.24 bits per heavy atom. The van der Waals surface area contributed by atoms with Crippen LogP contribution in [0.2, 0.25) is 0 Å². The molecule has 0 radical (unpaired) electrons. The van der Waals surface area contributed by atoms with Gasteiger partial charge in [0.15, 0.2) is 0 Å². The zero-order chi connectivity index (χ0) is 12.6. The quantitative estimate of drug-likeness (QED) is 0.403. The lowest BCUT2D eigenvalue weighted by Gasteiger charge is -2.10. The molecule has 9 nitrogen and oxygen atoms in total. The van der Waals surface area contributed by atoms with Gasteiger partial charge in [-0.3, -0.25) is 0 Å². The van der Waals surface area contributed by atoms with Gasteiger partial charge in [-0.25, -0.2) is 9.36 Å². The number of hydrogen-bond acceptors (Lipinski definition) is 6. The van der Waals surface area contributed by atoms with Crippen LogP contribution in [0.3, 0.4) is 0 Å². The largest absolute Gasteiger partial charge is 0.413 e. The molecule has 17 heavy (non-hydrogen) atoms. The highest BCUT2D eigenvalue weighted by molar-refractivity contribution is 5.72. The third kappa shape index (κ3) is 2.00. The van der Waals surface area contributed by atoms with Crippen LogP contribution in [0, 0.1) is 0 Å². The topological polar surface area (TPSA) is 135 Å². The van der Waals surface area contributed by atoms with Crippen molar-refractivity contribution in [3.8, 4) is 0 Å². The van der Waals surface area contributed by atoms with Crippen molar-refractivity contribution >= 4 is 6.03 Å². The molecular weight excluding hydrogens is 232 g/mol. The second-order valence-corrected chi connectivity index (χ2v) is 3.71. The smallest absolute Gasteiger partial charge is 0.394 e. The predicted molar refractivity (Wildman–Crippen MR) is 50.4 cm³/mol. The number of amides is 1. The van der Waals surface area contributed by atoms with E-state index in [1.807, 2.05) is 0 Å². The van der Waals surface area contributed by atoms with Crippen molar-refractivity contribution < 1.29 is 29.4 Å². The van der Waals surface area contributed by atoms with E-state index in [-0.39, 0.29) is 0 Å². The van der Waals surface area contributed by atoms with E-state index in [2.05, 4.69) is 5.10 Å². The summed E-state index contributed by atoms with van der Waals surface area (Å²) in [5, 5.41) is 31.8. The summed E-state index contributed by atoms with van der Waals surface area (Å²) in [5.74, 6) is 0. The van der Waals surface area contributed by atoms with Crippen LogP contribution in [0.1, 0.15) is 6.23 Å². The maximum Gasteiger partial charge on any atom is 0.413 e. The van der Waals surface area contributed by atoms with E-state index in [4.69, 9.17) is 15.6 Å². The van der Waals surface area contributed by atoms with Gasteiger partial charge in [-0.05, 0) is 4.68 Å². The van der Waals surface area contributed by atoms with Crippen molar-refractivity contribution in [2.45, 2.75) is 24.5 Å². The molecule has 0 aliphatic carbocycles. The van der Waals surface area contributed by atoms with Crippen LogP contribution in [0.4, 0.5) is 4.79 Å². The van der Waals surface area contributed by atoms with Gasteiger partial charge in [0.2, 0.25) is 12.6 Å². The minimum Gasteiger partial charge on any atom is -0.394 e. The summed E-state index contributed by atoms with van der Waals surface area (Å²) in [5.41, 5.74) is 5.00. The summed E-state index contributed by atoms with van der Waals surface area (Å²) in [4.78, 5) is 10.8. The van der Waals surface area contributed by atoms with Gasteiger partial charge >= 0.3 is 6.03 Å². The summed E-state index contributed by atoms with van der Waals surface area (Å²) < 4.78 is 7.36. The first kappa shape index (κ1) is 11.9. The molecular formula is C8H13N4O5+. The second-order valence-electron chi connectivity index (χ2n) is 3.71. The third-order valence-corrected chi connectivity index (χ3v) is 2.59. The Balaban J connectivity index is 2.19. The molecule has 4 atom stereocenters. The number of carbonyl (C=O) groups excluding carboxylic acids is 1. The highest BCUT2D eigenvalue weighted by Gasteiger charge is 2.45. The number of rotatable bonds is 2. The zero-order valence-corrected chi connectivity index (χ0v) is 8.75. The Morgan fingerprint density at radius 1 is 1.53 bits per heavy atom. The first-order valence-corrected chi connectivity index (χ1v) is 4.92. The van der Waals surface area contributed by atoms with Gasteiger partial charge < -0.3 is 25.8 Å². The zero-order valence-electron chi connectivity index (χ0n) is 8.75. The maximum atomic E-state index is 10.8. The molecule has 0 unspecified atom stereocenters. The summed E-state index contributed by atoms with van der Waals surface area (Å²) in [6, 6.07) is -0.782. The Hall–Kier alpha value is -1.55. The number of aliphatic hydroxyl groups is 3. The second kappa shape index (κ2) is 4.37. The van der Waals surface area contributed by atoms with Crippen LogP contribution < -0.4 is 10.3 Å². The summed E-state index contributed by atoms with van der Waals surface area (Å²) >= 11 is 0. The average molecular weight is 245 g/mol. The van der Waals surface area contributed by atoms with Crippen molar-refractivity contribution in [3.05, 3.63) is 12.7 Å². The molecule has 1 aromatic rings. The molecule has 0 aromatic carbocycles. The molecule has 9 heteroatoms. The average Bonchev–Trinajstić information content (AvgIpc) is 2.87. The molecule has 1 aromatic heterocycles. The van der Waals surface area contributed by atoms with E-state index < -0.39 is 37.2 Å². The molecule has 1 aliphatic heterocycles. The van der Waals surface area contributed by atoms with Gasteiger partial charge in [-0.2, -0.15) is 0 Å². The van der Waals surface area contributed by atoms with Crippen molar-refractivity contribution in [1.29, 1.82) is 0 Å². The van der Waals surface area contributed by atoms with Gasteiger partial charge in [0.05, 0.1) is 6.61 Å². The fraction of sp³-hybridized carbons (Fsp3) is 0.625. The molecule has 2 heterocycles. The molecule has 1 fully saturated rings. The van der Waals surface area contributed by atoms with E-state index in [1.165, 1.54) is 17.2 Å². The molecule has 94 valence electrons. The monoisotopic (exact) mass is 245 g/mol. The maximum absolute atomic E-state index is 10.8. The van der Waals surface area contributed by atoms with Crippen LogP contribution in [-0.2, 0) is 4.74 Å². The van der Waals surface area contributed by atoms with Crippen molar-refractivity contribution in [3.63, 3.8) is 0 Å². The number of nitrogens with zero attached hydrogens (tertiary/aromatic N) is 3. The van der Waals surface area contributed by atoms with E-state index in [0.29, 0.717) is 0 Å². The van der Waals surface area contributed by atoms with Crippen molar-refractivity contribution in [1.82, 2.24) is 9.78 Å². The van der Waals surface area contributed by atoms with Crippen LogP contribution in [0.25, 0.3) is 0 Å². The van der Waals surface area contributed by atoms with Crippen molar-refractivity contribution in [2.75, 3.05) is 6.61 Å². The number of nitrogens with two attached hydrogens (primary N) is 1. The minimum atomic E-state index is -1.22. The number of carbonyl (C=O) groups is 1. The summed E-state index contributed by atoms with van der Waals surface area (Å²) in [6.45, 7) is -0.417. The Morgan fingerprint density at radius 3 is 2.71 bits per heavy atom. The molecule has 0 bridgehead atoms.